The van der Waals surface area contributed by atoms with E-state index in [-0.39, 0.29) is 5.75 Å². The van der Waals surface area contributed by atoms with Crippen molar-refractivity contribution in [2.45, 2.75) is 13.0 Å². The molecule has 0 aliphatic rings. The highest BCUT2D eigenvalue weighted by molar-refractivity contribution is 5.77. The summed E-state index contributed by atoms with van der Waals surface area (Å²) in [7, 11) is 0. The van der Waals surface area contributed by atoms with E-state index in [0.29, 0.717) is 17.1 Å². The summed E-state index contributed by atoms with van der Waals surface area (Å²) < 4.78 is 24.3. The van der Waals surface area contributed by atoms with Gasteiger partial charge in [-0.1, -0.05) is 0 Å². The molecule has 6 heteroatoms. The van der Waals surface area contributed by atoms with Gasteiger partial charge >= 0.3 is 5.97 Å². The van der Waals surface area contributed by atoms with E-state index in [1.54, 1.807) is 30.3 Å². The molecule has 0 fully saturated rings. The van der Waals surface area contributed by atoms with Gasteiger partial charge in [-0.3, -0.25) is 0 Å². The topological polar surface area (TPSA) is 79.6 Å². The maximum Gasteiger partial charge on any atom is 0.344 e. The predicted octanol–water partition coefficient (Wildman–Crippen LogP) is 3.47. The molecule has 22 heavy (non-hydrogen) atoms. The number of carbonyl (C=O) groups is 1. The molecule has 0 heterocycles. The molecule has 0 bridgehead atoms. The molecule has 0 saturated carbocycles. The Hall–Kier alpha value is -2.89. The Morgan fingerprint density at radius 2 is 1.86 bits per heavy atom. The fraction of sp³-hybridized carbons (Fsp3) is 0.125. The molecule has 1 unspecified atom stereocenters. The van der Waals surface area contributed by atoms with Crippen molar-refractivity contribution in [3.63, 3.8) is 0 Å². The van der Waals surface area contributed by atoms with Gasteiger partial charge in [0, 0.05) is 6.21 Å². The molecule has 114 valence electrons. The normalized spacial score (nSPS) is 11.5. The summed E-state index contributed by atoms with van der Waals surface area (Å²) in [5, 5.41) is 15.8. The zero-order chi connectivity index (χ0) is 16.1. The van der Waals surface area contributed by atoms with Crippen molar-refractivity contribution < 1.29 is 23.8 Å². The summed E-state index contributed by atoms with van der Waals surface area (Å²) in [5.74, 6) is -0.827. The quantitative estimate of drug-likeness (QED) is 0.801. The molecule has 2 N–H and O–H groups in total. The van der Waals surface area contributed by atoms with E-state index in [9.17, 15) is 9.18 Å². The fourth-order valence-electron chi connectivity index (χ4n) is 1.66. The third-order valence-electron chi connectivity index (χ3n) is 2.83. The van der Waals surface area contributed by atoms with Crippen LogP contribution in [0.4, 0.5) is 4.39 Å². The molecule has 0 saturated heterocycles. The lowest BCUT2D eigenvalue weighted by molar-refractivity contribution is -0.144. The van der Waals surface area contributed by atoms with Crippen LogP contribution in [-0.2, 0) is 4.79 Å². The van der Waals surface area contributed by atoms with Gasteiger partial charge in [0.2, 0.25) is 0 Å². The van der Waals surface area contributed by atoms with Gasteiger partial charge in [-0.25, -0.2) is 9.18 Å². The average molecular weight is 303 g/mol. The second-order valence-electron chi connectivity index (χ2n) is 4.51. The van der Waals surface area contributed by atoms with Crippen molar-refractivity contribution in [2.24, 2.45) is 0 Å². The van der Waals surface area contributed by atoms with Crippen LogP contribution in [0.25, 0.3) is 0 Å². The van der Waals surface area contributed by atoms with E-state index in [1.807, 2.05) is 0 Å². The first-order valence-electron chi connectivity index (χ1n) is 6.47. The maximum absolute atomic E-state index is 13.7. The smallest absolute Gasteiger partial charge is 0.344 e. The van der Waals surface area contributed by atoms with Crippen LogP contribution in [-0.4, -0.2) is 23.4 Å². The highest BCUT2D eigenvalue weighted by Gasteiger charge is 2.12. The number of carboxylic acid groups (broad SMARTS) is 1. The molecule has 5 nitrogen and oxygen atoms in total. The van der Waals surface area contributed by atoms with E-state index in [2.05, 4.69) is 0 Å². The van der Waals surface area contributed by atoms with Gasteiger partial charge in [0.25, 0.3) is 0 Å². The molecule has 1 atom stereocenters. The van der Waals surface area contributed by atoms with Crippen molar-refractivity contribution in [3.8, 4) is 17.2 Å². The van der Waals surface area contributed by atoms with Gasteiger partial charge in [-0.15, -0.1) is 0 Å². The maximum atomic E-state index is 13.7. The Morgan fingerprint density at radius 1 is 1.23 bits per heavy atom. The summed E-state index contributed by atoms with van der Waals surface area (Å²) in [5.41, 5.74) is 0.441. The van der Waals surface area contributed by atoms with Crippen LogP contribution in [0.2, 0.25) is 0 Å². The molecule has 0 aliphatic carbocycles. The zero-order valence-corrected chi connectivity index (χ0v) is 11.7. The van der Waals surface area contributed by atoms with Crippen LogP contribution in [0.15, 0.2) is 42.5 Å². The molecular formula is C16H14FNO4. The summed E-state index contributed by atoms with van der Waals surface area (Å²) >= 11 is 0. The van der Waals surface area contributed by atoms with Crippen LogP contribution < -0.4 is 9.47 Å². The third kappa shape index (κ3) is 3.82. The molecule has 2 aromatic carbocycles. The van der Waals surface area contributed by atoms with Gasteiger partial charge < -0.3 is 20.0 Å². The summed E-state index contributed by atoms with van der Waals surface area (Å²) in [6, 6.07) is 10.4. The number of aliphatic carboxylic acids is 1. The van der Waals surface area contributed by atoms with Crippen LogP contribution in [0, 0.1) is 11.2 Å². The Kier molecular flexibility index (Phi) is 4.73. The number of carboxylic acids is 1. The molecule has 2 aromatic rings. The first-order chi connectivity index (χ1) is 10.5. The first kappa shape index (κ1) is 15.5. The molecule has 0 amide bonds. The molecular weight excluding hydrogens is 289 g/mol. The minimum atomic E-state index is -1.06. The standard InChI is InChI=1S/C16H14FNO4/c1-10(16(19)20)21-12-3-5-13(6-4-12)22-15-7-2-11(9-18)8-14(15)17/h2-10,18H,1H3,(H,19,20). The molecule has 2 rings (SSSR count). The number of nitrogens with one attached hydrogen (secondary N) is 1. The summed E-state index contributed by atoms with van der Waals surface area (Å²) in [6.07, 6.45) is 0.0840. The second kappa shape index (κ2) is 6.71. The monoisotopic (exact) mass is 303 g/mol. The van der Waals surface area contributed by atoms with Gasteiger partial charge in [0.05, 0.1) is 0 Å². The second-order valence-corrected chi connectivity index (χ2v) is 4.51. The number of rotatable bonds is 6. The molecule has 0 spiro atoms. The third-order valence-corrected chi connectivity index (χ3v) is 2.83. The van der Waals surface area contributed by atoms with Crippen LogP contribution in [0.1, 0.15) is 12.5 Å². The highest BCUT2D eigenvalue weighted by atomic mass is 19.1. The number of ether oxygens (including phenoxy) is 2. The van der Waals surface area contributed by atoms with Crippen molar-refractivity contribution in [1.29, 1.82) is 5.41 Å². The van der Waals surface area contributed by atoms with Gasteiger partial charge in [-0.2, -0.15) is 0 Å². The van der Waals surface area contributed by atoms with Gasteiger partial charge in [0.15, 0.2) is 17.7 Å². The van der Waals surface area contributed by atoms with Crippen molar-refractivity contribution in [1.82, 2.24) is 0 Å². The van der Waals surface area contributed by atoms with E-state index >= 15 is 0 Å². The van der Waals surface area contributed by atoms with Crippen LogP contribution >= 0.6 is 0 Å². The Morgan fingerprint density at radius 3 is 2.41 bits per heavy atom. The number of halogens is 1. The lowest BCUT2D eigenvalue weighted by Gasteiger charge is -2.11. The first-order valence-corrected chi connectivity index (χ1v) is 6.47. The SMILES string of the molecule is CC(Oc1ccc(Oc2ccc(C=N)cc2F)cc1)C(=O)O. The van der Waals surface area contributed by atoms with Gasteiger partial charge in [-0.05, 0) is 55.0 Å². The van der Waals surface area contributed by atoms with E-state index in [0.717, 1.165) is 6.21 Å². The lowest BCUT2D eigenvalue weighted by Crippen LogP contribution is -2.22. The number of hydrogen-bond acceptors (Lipinski definition) is 4. The summed E-state index contributed by atoms with van der Waals surface area (Å²) in [4.78, 5) is 10.7. The van der Waals surface area contributed by atoms with E-state index in [4.69, 9.17) is 20.0 Å². The minimum absolute atomic E-state index is 0.0400. The number of hydrogen-bond donors (Lipinski definition) is 2. The van der Waals surface area contributed by atoms with Crippen LogP contribution in [0.5, 0.6) is 17.2 Å². The van der Waals surface area contributed by atoms with Crippen molar-refractivity contribution >= 4 is 12.2 Å². The Bertz CT molecular complexity index is 685. The van der Waals surface area contributed by atoms with Gasteiger partial charge in [0.1, 0.15) is 11.5 Å². The van der Waals surface area contributed by atoms with Crippen molar-refractivity contribution in [2.75, 3.05) is 0 Å². The van der Waals surface area contributed by atoms with E-state index in [1.165, 1.54) is 19.1 Å². The average Bonchev–Trinajstić information content (AvgIpc) is 2.51. The zero-order valence-electron chi connectivity index (χ0n) is 11.7. The van der Waals surface area contributed by atoms with Crippen LogP contribution in [0.3, 0.4) is 0 Å². The van der Waals surface area contributed by atoms with E-state index < -0.39 is 17.9 Å². The molecule has 0 aliphatic heterocycles. The highest BCUT2D eigenvalue weighted by Crippen LogP contribution is 2.26. The summed E-state index contributed by atoms with van der Waals surface area (Å²) in [6.45, 7) is 1.42. The predicted molar refractivity (Wildman–Crippen MR) is 78.5 cm³/mol. The number of benzene rings is 2. The molecule has 0 aromatic heterocycles. The fourth-order valence-corrected chi connectivity index (χ4v) is 1.66. The molecule has 0 radical (unpaired) electrons. The minimum Gasteiger partial charge on any atom is -0.479 e. The largest absolute Gasteiger partial charge is 0.479 e. The van der Waals surface area contributed by atoms with Crippen molar-refractivity contribution in [3.05, 3.63) is 53.8 Å². The lowest BCUT2D eigenvalue weighted by atomic mass is 10.2. The Balaban J connectivity index is 2.08. The Labute approximate surface area is 126 Å².